The van der Waals surface area contributed by atoms with Crippen LogP contribution in [0.25, 0.3) is 0 Å². The number of aryl methyl sites for hydroxylation is 1. The maximum atomic E-state index is 11.4. The largest absolute Gasteiger partial charge is 0.503 e. The van der Waals surface area contributed by atoms with Crippen LogP contribution in [-0.4, -0.2) is 16.8 Å². The highest BCUT2D eigenvalue weighted by Crippen LogP contribution is 2.29. The van der Waals surface area contributed by atoms with Gasteiger partial charge in [-0.3, -0.25) is 9.59 Å². The number of nitrogens with one attached hydrogen (secondary N) is 1. The van der Waals surface area contributed by atoms with Gasteiger partial charge in [0, 0.05) is 0 Å². The predicted octanol–water partition coefficient (Wildman–Crippen LogP) is 1.57. The van der Waals surface area contributed by atoms with Gasteiger partial charge in [-0.2, -0.15) is 0 Å². The summed E-state index contributed by atoms with van der Waals surface area (Å²) in [4.78, 5) is 22.8. The number of aliphatic hydroxyl groups excluding tert-OH is 1. The molecule has 2 N–H and O–H groups in total. The van der Waals surface area contributed by atoms with Crippen LogP contribution in [0.15, 0.2) is 35.6 Å². The minimum Gasteiger partial charge on any atom is -0.503 e. The minimum atomic E-state index is -0.597. The van der Waals surface area contributed by atoms with Crippen LogP contribution in [0.3, 0.4) is 0 Å². The van der Waals surface area contributed by atoms with Crippen molar-refractivity contribution in [3.63, 3.8) is 0 Å². The van der Waals surface area contributed by atoms with Crippen LogP contribution in [0.5, 0.6) is 0 Å². The van der Waals surface area contributed by atoms with Crippen molar-refractivity contribution in [3.8, 4) is 0 Å². The Hall–Kier alpha value is -2.10. The maximum absolute atomic E-state index is 11.4. The molecule has 1 aliphatic rings. The first-order valence-electron chi connectivity index (χ1n) is 5.32. The second kappa shape index (κ2) is 4.05. The van der Waals surface area contributed by atoms with Crippen molar-refractivity contribution in [1.82, 2.24) is 5.32 Å². The molecule has 1 amide bonds. The second-order valence-corrected chi connectivity index (χ2v) is 4.14. The Morgan fingerprint density at radius 3 is 2.41 bits per heavy atom. The lowest BCUT2D eigenvalue weighted by Gasteiger charge is -2.13. The molecule has 1 aromatic carbocycles. The molecule has 0 fully saturated rings. The first kappa shape index (κ1) is 11.4. The molecule has 1 aliphatic heterocycles. The van der Waals surface area contributed by atoms with Gasteiger partial charge in [0.05, 0.1) is 11.6 Å². The summed E-state index contributed by atoms with van der Waals surface area (Å²) in [5.74, 6) is -1.37. The summed E-state index contributed by atoms with van der Waals surface area (Å²) >= 11 is 0. The van der Waals surface area contributed by atoms with E-state index in [-0.39, 0.29) is 11.4 Å². The topological polar surface area (TPSA) is 66.4 Å². The zero-order valence-corrected chi connectivity index (χ0v) is 9.65. The van der Waals surface area contributed by atoms with E-state index in [4.69, 9.17) is 0 Å². The van der Waals surface area contributed by atoms with Crippen molar-refractivity contribution in [3.05, 3.63) is 46.7 Å². The van der Waals surface area contributed by atoms with Gasteiger partial charge in [0.2, 0.25) is 0 Å². The molecule has 0 bridgehead atoms. The first-order valence-corrected chi connectivity index (χ1v) is 5.32. The Bertz CT molecular complexity index is 514. The molecule has 1 atom stereocenters. The molecule has 17 heavy (non-hydrogen) atoms. The lowest BCUT2D eigenvalue weighted by molar-refractivity contribution is -0.119. The Balaban J connectivity index is 2.44. The standard InChI is InChI=1S/C13H13NO3/c1-7-3-5-9(6-4-7)11-10(8(2)15)12(16)13(17)14-11/h3-6,11,16H,1-2H3,(H,14,17)/t11-/m0/s1. The number of carbonyl (C=O) groups is 2. The zero-order chi connectivity index (χ0) is 12.6. The zero-order valence-electron chi connectivity index (χ0n) is 9.65. The van der Waals surface area contributed by atoms with Crippen molar-refractivity contribution in [2.75, 3.05) is 0 Å². The van der Waals surface area contributed by atoms with Gasteiger partial charge in [0.15, 0.2) is 11.5 Å². The molecule has 0 aromatic heterocycles. The monoisotopic (exact) mass is 231 g/mol. The SMILES string of the molecule is CC(=O)C1=C(O)C(=O)N[C@H]1c1ccc(C)cc1. The van der Waals surface area contributed by atoms with Gasteiger partial charge in [0.25, 0.3) is 5.91 Å². The van der Waals surface area contributed by atoms with Crippen molar-refractivity contribution in [2.24, 2.45) is 0 Å². The number of carbonyl (C=O) groups excluding carboxylic acids is 2. The van der Waals surface area contributed by atoms with Crippen LogP contribution in [-0.2, 0) is 9.59 Å². The number of aliphatic hydroxyl groups is 1. The van der Waals surface area contributed by atoms with E-state index in [9.17, 15) is 14.7 Å². The first-order chi connectivity index (χ1) is 8.00. The molecule has 0 saturated carbocycles. The minimum absolute atomic E-state index is 0.138. The molecule has 4 nitrogen and oxygen atoms in total. The number of Topliss-reactive ketones (excluding diaryl/α,β-unsaturated/α-hetero) is 1. The molecule has 0 unspecified atom stereocenters. The lowest BCUT2D eigenvalue weighted by atomic mass is 9.97. The molecule has 0 saturated heterocycles. The van der Waals surface area contributed by atoms with Gasteiger partial charge in [-0.1, -0.05) is 29.8 Å². The highest BCUT2D eigenvalue weighted by atomic mass is 16.3. The van der Waals surface area contributed by atoms with E-state index in [1.165, 1.54) is 6.92 Å². The highest BCUT2D eigenvalue weighted by Gasteiger charge is 2.35. The third-order valence-corrected chi connectivity index (χ3v) is 2.82. The lowest BCUT2D eigenvalue weighted by Crippen LogP contribution is -2.23. The Labute approximate surface area is 99.0 Å². The molecular formula is C13H13NO3. The van der Waals surface area contributed by atoms with Crippen molar-refractivity contribution >= 4 is 11.7 Å². The summed E-state index contributed by atoms with van der Waals surface area (Å²) in [6.07, 6.45) is 0. The summed E-state index contributed by atoms with van der Waals surface area (Å²) in [5, 5.41) is 12.1. The van der Waals surface area contributed by atoms with Crippen molar-refractivity contribution in [2.45, 2.75) is 19.9 Å². The fourth-order valence-electron chi connectivity index (χ4n) is 1.91. The van der Waals surface area contributed by atoms with Gasteiger partial charge in [0.1, 0.15) is 0 Å². The van der Waals surface area contributed by atoms with Crippen LogP contribution in [0.2, 0.25) is 0 Å². The van der Waals surface area contributed by atoms with Crippen LogP contribution in [0.1, 0.15) is 24.1 Å². The summed E-state index contributed by atoms with van der Waals surface area (Å²) in [6.45, 7) is 3.29. The molecule has 2 rings (SSSR count). The van der Waals surface area contributed by atoms with E-state index in [0.717, 1.165) is 11.1 Å². The van der Waals surface area contributed by atoms with Crippen LogP contribution < -0.4 is 5.32 Å². The molecular weight excluding hydrogens is 218 g/mol. The van der Waals surface area contributed by atoms with Gasteiger partial charge >= 0.3 is 0 Å². The molecule has 1 heterocycles. The van der Waals surface area contributed by atoms with E-state index >= 15 is 0 Å². The highest BCUT2D eigenvalue weighted by molar-refractivity contribution is 6.08. The smallest absolute Gasteiger partial charge is 0.287 e. The van der Waals surface area contributed by atoms with Crippen molar-refractivity contribution in [1.29, 1.82) is 0 Å². The van der Waals surface area contributed by atoms with Gasteiger partial charge < -0.3 is 10.4 Å². The van der Waals surface area contributed by atoms with Crippen LogP contribution in [0.4, 0.5) is 0 Å². The molecule has 88 valence electrons. The van der Waals surface area contributed by atoms with E-state index in [1.807, 2.05) is 31.2 Å². The van der Waals surface area contributed by atoms with Gasteiger partial charge in [-0.15, -0.1) is 0 Å². The average Bonchev–Trinajstić information content (AvgIpc) is 2.56. The van der Waals surface area contributed by atoms with Gasteiger partial charge in [-0.25, -0.2) is 0 Å². The Morgan fingerprint density at radius 2 is 1.88 bits per heavy atom. The van der Waals surface area contributed by atoms with E-state index in [2.05, 4.69) is 5.32 Å². The summed E-state index contributed by atoms with van der Waals surface area (Å²) in [7, 11) is 0. The van der Waals surface area contributed by atoms with E-state index < -0.39 is 17.7 Å². The average molecular weight is 231 g/mol. The number of rotatable bonds is 2. The normalized spacial score (nSPS) is 19.4. The summed E-state index contributed by atoms with van der Waals surface area (Å²) < 4.78 is 0. The van der Waals surface area contributed by atoms with Crippen molar-refractivity contribution < 1.29 is 14.7 Å². The number of ketones is 1. The quantitative estimate of drug-likeness (QED) is 0.811. The predicted molar refractivity (Wildman–Crippen MR) is 62.4 cm³/mol. The number of hydrogen-bond acceptors (Lipinski definition) is 3. The molecule has 0 aliphatic carbocycles. The maximum Gasteiger partial charge on any atom is 0.287 e. The third kappa shape index (κ3) is 1.93. The fraction of sp³-hybridized carbons (Fsp3) is 0.231. The fourth-order valence-corrected chi connectivity index (χ4v) is 1.91. The van der Waals surface area contributed by atoms with E-state index in [0.29, 0.717) is 0 Å². The summed E-state index contributed by atoms with van der Waals surface area (Å²) in [6, 6.07) is 6.92. The van der Waals surface area contributed by atoms with Gasteiger partial charge in [-0.05, 0) is 19.4 Å². The van der Waals surface area contributed by atoms with Crippen LogP contribution >= 0.6 is 0 Å². The third-order valence-electron chi connectivity index (χ3n) is 2.82. The number of benzene rings is 1. The number of hydrogen-bond donors (Lipinski definition) is 2. The molecule has 1 aromatic rings. The Kier molecular flexibility index (Phi) is 2.71. The summed E-state index contributed by atoms with van der Waals surface area (Å²) in [5.41, 5.74) is 2.02. The molecule has 0 radical (unpaired) electrons. The second-order valence-electron chi connectivity index (χ2n) is 4.14. The molecule has 0 spiro atoms. The number of amides is 1. The van der Waals surface area contributed by atoms with Crippen LogP contribution in [0, 0.1) is 6.92 Å². The Morgan fingerprint density at radius 1 is 1.29 bits per heavy atom. The molecule has 4 heteroatoms. The van der Waals surface area contributed by atoms with E-state index in [1.54, 1.807) is 0 Å².